The lowest BCUT2D eigenvalue weighted by molar-refractivity contribution is 0.0326. The molecule has 140 valence electrons. The zero-order chi connectivity index (χ0) is 17.8. The van der Waals surface area contributed by atoms with E-state index in [1.807, 2.05) is 12.3 Å². The van der Waals surface area contributed by atoms with Crippen molar-refractivity contribution in [3.8, 4) is 0 Å². The summed E-state index contributed by atoms with van der Waals surface area (Å²) in [5.41, 5.74) is 1.14. The summed E-state index contributed by atoms with van der Waals surface area (Å²) in [5, 5.41) is 9.05. The molecule has 0 saturated carbocycles. The van der Waals surface area contributed by atoms with Crippen molar-refractivity contribution in [3.63, 3.8) is 0 Å². The van der Waals surface area contributed by atoms with Gasteiger partial charge in [0.2, 0.25) is 0 Å². The van der Waals surface area contributed by atoms with Gasteiger partial charge in [-0.1, -0.05) is 6.07 Å². The number of hydrogen-bond donors (Lipinski definition) is 0. The Morgan fingerprint density at radius 3 is 2.77 bits per heavy atom. The number of ether oxygens (including phenoxy) is 1. The van der Waals surface area contributed by atoms with Crippen molar-refractivity contribution in [2.24, 2.45) is 7.05 Å². The molecule has 2 aromatic rings. The number of morpholine rings is 1. The molecular weight excluding hydrogens is 328 g/mol. The fourth-order valence-corrected chi connectivity index (χ4v) is 3.96. The lowest BCUT2D eigenvalue weighted by Gasteiger charge is -2.32. The maximum Gasteiger partial charge on any atom is 0.146 e. The Hall–Kier alpha value is -1.83. The molecule has 0 aromatic carbocycles. The molecule has 0 N–H and O–H groups in total. The molecule has 0 aliphatic carbocycles. The molecule has 2 aromatic heterocycles. The van der Waals surface area contributed by atoms with Gasteiger partial charge in [-0.25, -0.2) is 0 Å². The van der Waals surface area contributed by atoms with Gasteiger partial charge in [0.1, 0.15) is 11.6 Å². The van der Waals surface area contributed by atoms with Crippen LogP contribution < -0.4 is 0 Å². The fourth-order valence-electron chi connectivity index (χ4n) is 3.96. The molecule has 7 nitrogen and oxygen atoms in total. The Labute approximate surface area is 155 Å². The van der Waals surface area contributed by atoms with Crippen LogP contribution in [0.15, 0.2) is 24.4 Å². The van der Waals surface area contributed by atoms with Crippen LogP contribution in [0.3, 0.4) is 0 Å². The van der Waals surface area contributed by atoms with Gasteiger partial charge in [0, 0.05) is 45.3 Å². The molecule has 0 radical (unpaired) electrons. The summed E-state index contributed by atoms with van der Waals surface area (Å²) in [4.78, 5) is 9.35. The van der Waals surface area contributed by atoms with Crippen LogP contribution in [0, 0.1) is 0 Å². The Morgan fingerprint density at radius 1 is 1.08 bits per heavy atom. The van der Waals surface area contributed by atoms with E-state index in [1.165, 1.54) is 12.8 Å². The number of aromatic nitrogens is 4. The third-order valence-electron chi connectivity index (χ3n) is 5.45. The quantitative estimate of drug-likeness (QED) is 0.808. The van der Waals surface area contributed by atoms with E-state index in [1.54, 1.807) is 0 Å². The summed E-state index contributed by atoms with van der Waals surface area (Å²) in [5.74, 6) is 2.63. The first-order chi connectivity index (χ1) is 12.8. The lowest BCUT2D eigenvalue weighted by atomic mass is 9.97. The van der Waals surface area contributed by atoms with Gasteiger partial charge in [0.05, 0.1) is 25.5 Å². The van der Waals surface area contributed by atoms with E-state index >= 15 is 0 Å². The minimum absolute atomic E-state index is 0.448. The first-order valence-electron chi connectivity index (χ1n) is 9.60. The minimum Gasteiger partial charge on any atom is -0.379 e. The van der Waals surface area contributed by atoms with Crippen molar-refractivity contribution < 1.29 is 4.74 Å². The van der Waals surface area contributed by atoms with Crippen molar-refractivity contribution in [3.05, 3.63) is 41.7 Å². The van der Waals surface area contributed by atoms with Gasteiger partial charge in [-0.3, -0.25) is 14.8 Å². The molecule has 0 amide bonds. The molecule has 4 rings (SSSR count). The minimum atomic E-state index is 0.448. The smallest absolute Gasteiger partial charge is 0.146 e. The van der Waals surface area contributed by atoms with Gasteiger partial charge in [0.25, 0.3) is 0 Å². The van der Waals surface area contributed by atoms with Gasteiger partial charge >= 0.3 is 0 Å². The van der Waals surface area contributed by atoms with Crippen LogP contribution in [0.5, 0.6) is 0 Å². The maximum atomic E-state index is 5.43. The fraction of sp³-hybridized carbons (Fsp3) is 0.632. The second-order valence-corrected chi connectivity index (χ2v) is 7.32. The molecular formula is C19H28N6O. The maximum absolute atomic E-state index is 5.43. The number of rotatable bonds is 5. The van der Waals surface area contributed by atoms with E-state index in [9.17, 15) is 0 Å². The average Bonchev–Trinajstić information content (AvgIpc) is 3.04. The zero-order valence-electron chi connectivity index (χ0n) is 15.5. The predicted octanol–water partition coefficient (Wildman–Crippen LogP) is 1.42. The predicted molar refractivity (Wildman–Crippen MR) is 98.6 cm³/mol. The standard InChI is InChI=1S/C19H28N6O/c1-23-18(15-24-9-11-26-12-10-24)21-22-19(23)16-5-4-8-25(13-16)14-17-6-2-3-7-20-17/h2-3,6-7,16H,4-5,8-15H2,1H3/t16-/m0/s1. The Bertz CT molecular complexity index is 697. The van der Waals surface area contributed by atoms with Crippen LogP contribution in [0.1, 0.15) is 36.1 Å². The molecule has 0 unspecified atom stereocenters. The van der Waals surface area contributed by atoms with Crippen molar-refractivity contribution >= 4 is 0 Å². The van der Waals surface area contributed by atoms with Gasteiger partial charge < -0.3 is 9.30 Å². The summed E-state index contributed by atoms with van der Waals surface area (Å²) in [7, 11) is 2.11. The summed E-state index contributed by atoms with van der Waals surface area (Å²) >= 11 is 0. The van der Waals surface area contributed by atoms with Crippen LogP contribution in [0.2, 0.25) is 0 Å². The van der Waals surface area contributed by atoms with Crippen molar-refractivity contribution in [1.29, 1.82) is 0 Å². The molecule has 1 atom stereocenters. The number of piperidine rings is 1. The van der Waals surface area contributed by atoms with E-state index < -0.39 is 0 Å². The molecule has 2 fully saturated rings. The summed E-state index contributed by atoms with van der Waals surface area (Å²) in [6.07, 6.45) is 4.25. The topological polar surface area (TPSA) is 59.3 Å². The number of likely N-dealkylation sites (tertiary alicyclic amines) is 1. The Kier molecular flexibility index (Phi) is 5.57. The Morgan fingerprint density at radius 2 is 1.96 bits per heavy atom. The number of nitrogens with zero attached hydrogens (tertiary/aromatic N) is 6. The van der Waals surface area contributed by atoms with Crippen LogP contribution in [-0.4, -0.2) is 68.9 Å². The third kappa shape index (κ3) is 4.11. The zero-order valence-corrected chi connectivity index (χ0v) is 15.5. The van der Waals surface area contributed by atoms with Crippen LogP contribution in [-0.2, 0) is 24.9 Å². The largest absolute Gasteiger partial charge is 0.379 e. The molecule has 0 bridgehead atoms. The van der Waals surface area contributed by atoms with Gasteiger partial charge in [-0.05, 0) is 31.5 Å². The van der Waals surface area contributed by atoms with E-state index in [2.05, 4.69) is 48.7 Å². The van der Waals surface area contributed by atoms with Crippen molar-refractivity contribution in [2.45, 2.75) is 31.8 Å². The normalized spacial score (nSPS) is 22.6. The van der Waals surface area contributed by atoms with Gasteiger partial charge in [-0.15, -0.1) is 10.2 Å². The molecule has 0 spiro atoms. The first-order valence-corrected chi connectivity index (χ1v) is 9.60. The van der Waals surface area contributed by atoms with Crippen molar-refractivity contribution in [2.75, 3.05) is 39.4 Å². The summed E-state index contributed by atoms with van der Waals surface area (Å²) in [6.45, 7) is 7.51. The second-order valence-electron chi connectivity index (χ2n) is 7.32. The summed E-state index contributed by atoms with van der Waals surface area (Å²) in [6, 6.07) is 6.13. The highest BCUT2D eigenvalue weighted by molar-refractivity contribution is 5.07. The lowest BCUT2D eigenvalue weighted by Crippen LogP contribution is -2.36. The van der Waals surface area contributed by atoms with Crippen LogP contribution >= 0.6 is 0 Å². The highest BCUT2D eigenvalue weighted by Gasteiger charge is 2.26. The number of pyridine rings is 1. The summed E-state index contributed by atoms with van der Waals surface area (Å²) < 4.78 is 7.65. The van der Waals surface area contributed by atoms with Crippen LogP contribution in [0.4, 0.5) is 0 Å². The molecule has 2 aliphatic rings. The highest BCUT2D eigenvalue weighted by Crippen LogP contribution is 2.26. The molecule has 7 heteroatoms. The number of hydrogen-bond acceptors (Lipinski definition) is 6. The van der Waals surface area contributed by atoms with Crippen molar-refractivity contribution in [1.82, 2.24) is 29.5 Å². The van der Waals surface area contributed by atoms with Crippen LogP contribution in [0.25, 0.3) is 0 Å². The first kappa shape index (κ1) is 17.6. The van der Waals surface area contributed by atoms with Gasteiger partial charge in [0.15, 0.2) is 0 Å². The second kappa shape index (κ2) is 8.24. The van der Waals surface area contributed by atoms with Gasteiger partial charge in [-0.2, -0.15) is 0 Å². The SMILES string of the molecule is Cn1c(CN2CCOCC2)nnc1[C@H]1CCCN(Cc2ccccn2)C1. The monoisotopic (exact) mass is 356 g/mol. The van der Waals surface area contributed by atoms with E-state index in [0.29, 0.717) is 5.92 Å². The molecule has 2 saturated heterocycles. The molecule has 2 aliphatic heterocycles. The van der Waals surface area contributed by atoms with E-state index in [4.69, 9.17) is 4.74 Å². The third-order valence-corrected chi connectivity index (χ3v) is 5.45. The molecule has 4 heterocycles. The molecule has 26 heavy (non-hydrogen) atoms. The van der Waals surface area contributed by atoms with E-state index in [0.717, 1.165) is 69.8 Å². The van der Waals surface area contributed by atoms with E-state index in [-0.39, 0.29) is 0 Å². The highest BCUT2D eigenvalue weighted by atomic mass is 16.5. The average molecular weight is 356 g/mol. The Balaban J connectivity index is 1.40.